The number of hydrogen-bond donors (Lipinski definition) is 1. The van der Waals surface area contributed by atoms with Gasteiger partial charge in [-0.15, -0.1) is 28.1 Å². The van der Waals surface area contributed by atoms with Crippen LogP contribution in [0.1, 0.15) is 78.5 Å². The Morgan fingerprint density at radius 2 is 2.06 bits per heavy atom. The molecule has 2 aromatic rings. The van der Waals surface area contributed by atoms with Gasteiger partial charge in [-0.3, -0.25) is 4.79 Å². The molecule has 1 N–H and O–H groups in total. The van der Waals surface area contributed by atoms with Crippen LogP contribution >= 0.6 is 23.1 Å². The maximum absolute atomic E-state index is 12.9. The van der Waals surface area contributed by atoms with Crippen molar-refractivity contribution in [3.8, 4) is 0 Å². The number of aromatic nitrogens is 3. The van der Waals surface area contributed by atoms with Gasteiger partial charge in [0, 0.05) is 17.8 Å². The van der Waals surface area contributed by atoms with Gasteiger partial charge < -0.3 is 14.6 Å². The van der Waals surface area contributed by atoms with Crippen LogP contribution in [-0.2, 0) is 35.3 Å². The zero-order valence-corrected chi connectivity index (χ0v) is 22.4. The van der Waals surface area contributed by atoms with Crippen LogP contribution in [0.25, 0.3) is 0 Å². The van der Waals surface area contributed by atoms with Crippen LogP contribution in [-0.4, -0.2) is 39.5 Å². The smallest absolute Gasteiger partial charge is 0.341 e. The second kappa shape index (κ2) is 12.2. The number of aryl methyl sites for hydroxylation is 1. The minimum absolute atomic E-state index is 0.163. The second-order valence-electron chi connectivity index (χ2n) is 9.73. The van der Waals surface area contributed by atoms with Crippen molar-refractivity contribution in [1.82, 2.24) is 14.8 Å². The lowest BCUT2D eigenvalue weighted by Gasteiger charge is -2.21. The van der Waals surface area contributed by atoms with E-state index in [0.29, 0.717) is 23.0 Å². The van der Waals surface area contributed by atoms with E-state index in [2.05, 4.69) is 33.6 Å². The van der Waals surface area contributed by atoms with E-state index >= 15 is 0 Å². The highest BCUT2D eigenvalue weighted by Gasteiger charge is 2.29. The number of allylic oxidation sites excluding steroid dienone is 1. The van der Waals surface area contributed by atoms with E-state index in [1.807, 2.05) is 6.08 Å². The van der Waals surface area contributed by atoms with Crippen molar-refractivity contribution in [2.24, 2.45) is 11.8 Å². The molecule has 35 heavy (non-hydrogen) atoms. The molecule has 1 amide bonds. The Morgan fingerprint density at radius 1 is 1.26 bits per heavy atom. The van der Waals surface area contributed by atoms with E-state index in [1.54, 1.807) is 0 Å². The van der Waals surface area contributed by atoms with Crippen molar-refractivity contribution in [2.45, 2.75) is 82.8 Å². The fraction of sp³-hybridized carbons (Fsp3) is 0.615. The van der Waals surface area contributed by atoms with Crippen LogP contribution in [0.5, 0.6) is 0 Å². The lowest BCUT2D eigenvalue weighted by Crippen LogP contribution is -2.17. The van der Waals surface area contributed by atoms with Gasteiger partial charge in [-0.2, -0.15) is 0 Å². The molecular weight excluding hydrogens is 480 g/mol. The van der Waals surface area contributed by atoms with Crippen molar-refractivity contribution in [1.29, 1.82) is 0 Å². The molecule has 1 fully saturated rings. The van der Waals surface area contributed by atoms with Crippen LogP contribution in [0, 0.1) is 11.8 Å². The fourth-order valence-corrected chi connectivity index (χ4v) is 7.36. The van der Waals surface area contributed by atoms with Crippen molar-refractivity contribution >= 4 is 40.0 Å². The van der Waals surface area contributed by atoms with Gasteiger partial charge in [0.15, 0.2) is 5.16 Å². The number of fused-ring (bicyclic) bond motifs is 1. The van der Waals surface area contributed by atoms with Crippen LogP contribution < -0.4 is 5.32 Å². The predicted molar refractivity (Wildman–Crippen MR) is 141 cm³/mol. The topological polar surface area (TPSA) is 86.1 Å². The summed E-state index contributed by atoms with van der Waals surface area (Å²) in [6.07, 6.45) is 13.4. The summed E-state index contributed by atoms with van der Waals surface area (Å²) in [6, 6.07) is 0. The summed E-state index contributed by atoms with van der Waals surface area (Å²) < 4.78 is 7.10. The molecule has 1 unspecified atom stereocenters. The number of rotatable bonds is 10. The van der Waals surface area contributed by atoms with Gasteiger partial charge in [-0.05, 0) is 43.1 Å². The highest BCUT2D eigenvalue weighted by atomic mass is 32.2. The molecule has 9 heteroatoms. The minimum Gasteiger partial charge on any atom is -0.465 e. The van der Waals surface area contributed by atoms with Crippen molar-refractivity contribution in [2.75, 3.05) is 18.2 Å². The molecule has 2 aliphatic rings. The normalized spacial score (nSPS) is 18.2. The zero-order valence-electron chi connectivity index (χ0n) is 20.8. The second-order valence-corrected chi connectivity index (χ2v) is 11.8. The van der Waals surface area contributed by atoms with Gasteiger partial charge in [0.1, 0.15) is 10.8 Å². The number of thioether (sulfide) groups is 1. The molecule has 0 aromatic carbocycles. The Hall–Kier alpha value is -2.13. The molecular formula is C26H36N4O3S2. The monoisotopic (exact) mass is 516 g/mol. The van der Waals surface area contributed by atoms with E-state index in [9.17, 15) is 9.59 Å². The quantitative estimate of drug-likeness (QED) is 0.248. The standard InChI is InChI=1S/C26H36N4O3S2/c1-4-14-30-21(13-11-18-8-6-5-7-9-18)28-29-26(30)34-16-22(31)27-24-23(25(32)33-3)19-12-10-17(2)15-20(19)35-24/h4,17-18H,1,5-16H2,2-3H3,(H,27,31). The number of carbonyl (C=O) groups excluding carboxylic acids is 2. The SMILES string of the molecule is C=CCn1c(CCC2CCCCC2)nnc1SCC(=O)Nc1sc2c(c1C(=O)OC)CCC(C)C2. The average molecular weight is 517 g/mol. The maximum Gasteiger partial charge on any atom is 0.341 e. The maximum atomic E-state index is 12.9. The van der Waals surface area contributed by atoms with Crippen LogP contribution in [0.2, 0.25) is 0 Å². The Bertz CT molecular complexity index is 1060. The fourth-order valence-electron chi connectivity index (χ4n) is 5.18. The van der Waals surface area contributed by atoms with E-state index in [4.69, 9.17) is 4.74 Å². The molecule has 0 saturated heterocycles. The number of nitrogens with one attached hydrogen (secondary N) is 1. The molecule has 0 aliphatic heterocycles. The van der Waals surface area contributed by atoms with E-state index in [-0.39, 0.29) is 17.6 Å². The van der Waals surface area contributed by atoms with Crippen LogP contribution in [0.3, 0.4) is 0 Å². The summed E-state index contributed by atoms with van der Waals surface area (Å²) in [6.45, 7) is 6.73. The Balaban J connectivity index is 1.40. The van der Waals surface area contributed by atoms with Gasteiger partial charge in [0.25, 0.3) is 0 Å². The van der Waals surface area contributed by atoms with E-state index < -0.39 is 0 Å². The van der Waals surface area contributed by atoms with Gasteiger partial charge >= 0.3 is 5.97 Å². The molecule has 7 nitrogen and oxygen atoms in total. The van der Waals surface area contributed by atoms with Gasteiger partial charge in [0.2, 0.25) is 5.91 Å². The molecule has 2 heterocycles. The van der Waals surface area contributed by atoms with E-state index in [0.717, 1.165) is 54.6 Å². The average Bonchev–Trinajstić information content (AvgIpc) is 3.41. The van der Waals surface area contributed by atoms with Crippen molar-refractivity contribution in [3.63, 3.8) is 0 Å². The Morgan fingerprint density at radius 3 is 2.80 bits per heavy atom. The number of amides is 1. The lowest BCUT2D eigenvalue weighted by atomic mass is 9.86. The third kappa shape index (κ3) is 6.36. The number of ether oxygens (including phenoxy) is 1. The summed E-state index contributed by atoms with van der Waals surface area (Å²) in [4.78, 5) is 26.6. The Kier molecular flexibility index (Phi) is 9.05. The van der Waals surface area contributed by atoms with E-state index in [1.165, 1.54) is 67.2 Å². The third-order valence-electron chi connectivity index (χ3n) is 7.09. The number of thiophene rings is 1. The first kappa shape index (κ1) is 25.9. The van der Waals surface area contributed by atoms with Crippen molar-refractivity contribution < 1.29 is 14.3 Å². The summed E-state index contributed by atoms with van der Waals surface area (Å²) in [5.74, 6) is 1.97. The highest BCUT2D eigenvalue weighted by Crippen LogP contribution is 2.40. The molecule has 0 spiro atoms. The summed E-state index contributed by atoms with van der Waals surface area (Å²) in [5, 5.41) is 13.1. The molecule has 0 bridgehead atoms. The predicted octanol–water partition coefficient (Wildman–Crippen LogP) is 5.68. The molecule has 2 aromatic heterocycles. The molecule has 1 saturated carbocycles. The Labute approximate surface area is 216 Å². The molecule has 2 aliphatic carbocycles. The molecule has 190 valence electrons. The first-order chi connectivity index (χ1) is 17.0. The lowest BCUT2D eigenvalue weighted by molar-refractivity contribution is -0.113. The molecule has 1 atom stereocenters. The number of nitrogens with zero attached hydrogens (tertiary/aromatic N) is 3. The number of carbonyl (C=O) groups is 2. The van der Waals surface area contributed by atoms with Gasteiger partial charge in [-0.25, -0.2) is 4.79 Å². The molecule has 0 radical (unpaired) electrons. The number of methoxy groups -OCH3 is 1. The van der Waals surface area contributed by atoms with Crippen LogP contribution in [0.15, 0.2) is 17.8 Å². The van der Waals surface area contributed by atoms with Gasteiger partial charge in [-0.1, -0.05) is 56.9 Å². The summed E-state index contributed by atoms with van der Waals surface area (Å²) in [7, 11) is 1.39. The first-order valence-corrected chi connectivity index (χ1v) is 14.5. The summed E-state index contributed by atoms with van der Waals surface area (Å²) in [5.41, 5.74) is 1.56. The van der Waals surface area contributed by atoms with Crippen molar-refractivity contribution in [3.05, 3.63) is 34.5 Å². The van der Waals surface area contributed by atoms with Crippen LogP contribution in [0.4, 0.5) is 5.00 Å². The number of anilines is 1. The third-order valence-corrected chi connectivity index (χ3v) is 9.23. The zero-order chi connectivity index (χ0) is 24.8. The van der Waals surface area contributed by atoms with Gasteiger partial charge in [0.05, 0.1) is 18.4 Å². The minimum atomic E-state index is -0.381. The first-order valence-electron chi connectivity index (χ1n) is 12.7. The molecule has 4 rings (SSSR count). The number of hydrogen-bond acceptors (Lipinski definition) is 7. The highest BCUT2D eigenvalue weighted by molar-refractivity contribution is 7.99. The number of esters is 1. The largest absolute Gasteiger partial charge is 0.465 e. The summed E-state index contributed by atoms with van der Waals surface area (Å²) >= 11 is 2.88.